The predicted octanol–water partition coefficient (Wildman–Crippen LogP) is 4.15. The number of methoxy groups -OCH3 is 1. The van der Waals surface area contributed by atoms with Crippen molar-refractivity contribution in [2.24, 2.45) is 0 Å². The molecule has 36 heavy (non-hydrogen) atoms. The van der Waals surface area contributed by atoms with Crippen LogP contribution in [0.2, 0.25) is 0 Å². The van der Waals surface area contributed by atoms with Gasteiger partial charge in [-0.1, -0.05) is 48.5 Å². The Morgan fingerprint density at radius 2 is 1.67 bits per heavy atom. The highest BCUT2D eigenvalue weighted by Crippen LogP contribution is 2.38. The Kier molecular flexibility index (Phi) is 6.84. The minimum atomic E-state index is -0.442. The zero-order valence-electron chi connectivity index (χ0n) is 20.6. The van der Waals surface area contributed by atoms with Gasteiger partial charge < -0.3 is 20.3 Å². The van der Waals surface area contributed by atoms with Crippen LogP contribution in [0.15, 0.2) is 72.8 Å². The average molecular weight is 483 g/mol. The monoisotopic (exact) mass is 482 g/mol. The van der Waals surface area contributed by atoms with E-state index < -0.39 is 5.97 Å². The van der Waals surface area contributed by atoms with Crippen LogP contribution in [0.4, 0.5) is 11.4 Å². The molecule has 0 aromatic heterocycles. The molecule has 0 unspecified atom stereocenters. The van der Waals surface area contributed by atoms with Crippen LogP contribution >= 0.6 is 0 Å². The van der Waals surface area contributed by atoms with Gasteiger partial charge in [0.1, 0.15) is 0 Å². The summed E-state index contributed by atoms with van der Waals surface area (Å²) >= 11 is 0. The second-order valence-corrected chi connectivity index (χ2v) is 9.22. The van der Waals surface area contributed by atoms with Crippen LogP contribution in [-0.2, 0) is 16.1 Å². The molecule has 7 heteroatoms. The Bertz CT molecular complexity index is 1290. The summed E-state index contributed by atoms with van der Waals surface area (Å²) in [5.74, 6) is -0.660. The number of piperazine rings is 1. The second-order valence-electron chi connectivity index (χ2n) is 9.22. The van der Waals surface area contributed by atoms with E-state index in [1.54, 1.807) is 18.2 Å². The number of fused-ring (bicyclic) bond motifs is 1. The van der Waals surface area contributed by atoms with Gasteiger partial charge in [-0.05, 0) is 42.4 Å². The lowest BCUT2D eigenvalue weighted by Crippen LogP contribution is -2.43. The largest absolute Gasteiger partial charge is 0.465 e. The first kappa shape index (κ1) is 23.8. The first-order valence-electron chi connectivity index (χ1n) is 12.1. The molecule has 7 nitrogen and oxygen atoms in total. The molecule has 2 N–H and O–H groups in total. The van der Waals surface area contributed by atoms with Crippen molar-refractivity contribution in [3.63, 3.8) is 0 Å². The molecule has 0 atom stereocenters. The third kappa shape index (κ3) is 5.03. The minimum absolute atomic E-state index is 0.218. The van der Waals surface area contributed by atoms with Crippen molar-refractivity contribution in [1.82, 2.24) is 9.80 Å². The summed E-state index contributed by atoms with van der Waals surface area (Å²) in [5, 5.41) is 6.41. The second kappa shape index (κ2) is 10.4. The number of nitrogens with zero attached hydrogens (tertiary/aromatic N) is 2. The molecule has 1 amide bonds. The molecule has 2 aliphatic rings. The van der Waals surface area contributed by atoms with Crippen LogP contribution in [0.5, 0.6) is 0 Å². The number of hydrogen-bond donors (Lipinski definition) is 2. The van der Waals surface area contributed by atoms with Gasteiger partial charge in [0.15, 0.2) is 0 Å². The van der Waals surface area contributed by atoms with Crippen LogP contribution in [0.1, 0.15) is 27.0 Å². The van der Waals surface area contributed by atoms with E-state index in [0.29, 0.717) is 22.5 Å². The summed E-state index contributed by atoms with van der Waals surface area (Å²) in [6.07, 6.45) is 0. The maximum Gasteiger partial charge on any atom is 0.337 e. The Hall–Kier alpha value is -3.94. The highest BCUT2D eigenvalue weighted by molar-refractivity contribution is 6.37. The van der Waals surface area contributed by atoms with E-state index in [0.717, 1.165) is 49.5 Å². The molecular formula is C29H30N4O3. The van der Waals surface area contributed by atoms with Crippen molar-refractivity contribution in [2.75, 3.05) is 51.0 Å². The fraction of sp³-hybridized carbons (Fsp3) is 0.241. The number of amides is 1. The summed E-state index contributed by atoms with van der Waals surface area (Å²) in [7, 11) is 3.50. The Labute approximate surface area is 211 Å². The molecule has 1 fully saturated rings. The van der Waals surface area contributed by atoms with Gasteiger partial charge in [-0.3, -0.25) is 9.69 Å². The van der Waals surface area contributed by atoms with Gasteiger partial charge >= 0.3 is 5.97 Å². The molecule has 5 rings (SSSR count). The fourth-order valence-electron chi connectivity index (χ4n) is 4.65. The van der Waals surface area contributed by atoms with E-state index in [4.69, 9.17) is 4.74 Å². The highest BCUT2D eigenvalue weighted by Gasteiger charge is 2.29. The Morgan fingerprint density at radius 1 is 0.944 bits per heavy atom. The number of esters is 1. The molecule has 3 aromatic rings. The highest BCUT2D eigenvalue weighted by atomic mass is 16.5. The standard InChI is InChI=1S/C29H30N4O3/c1-32-14-16-33(17-15-32)19-20-8-11-23(12-9-20)30-27(21-6-4-3-5-7-21)26-24-13-10-22(29(35)36-2)18-25(24)31-28(26)34/h3-13,18,30H,14-17,19H2,1-2H3,(H,31,34). The van der Waals surface area contributed by atoms with E-state index in [2.05, 4.69) is 51.7 Å². The van der Waals surface area contributed by atoms with Crippen LogP contribution in [0.3, 0.4) is 0 Å². The first-order chi connectivity index (χ1) is 17.5. The van der Waals surface area contributed by atoms with E-state index in [1.165, 1.54) is 12.7 Å². The van der Waals surface area contributed by atoms with Gasteiger partial charge in [-0.15, -0.1) is 0 Å². The molecule has 0 radical (unpaired) electrons. The van der Waals surface area contributed by atoms with E-state index in [9.17, 15) is 9.59 Å². The lowest BCUT2D eigenvalue weighted by atomic mass is 9.99. The van der Waals surface area contributed by atoms with Crippen LogP contribution in [0.25, 0.3) is 11.3 Å². The zero-order chi connectivity index (χ0) is 25.1. The number of ether oxygens (including phenoxy) is 1. The summed E-state index contributed by atoms with van der Waals surface area (Å²) in [4.78, 5) is 30.0. The Morgan fingerprint density at radius 3 is 2.36 bits per heavy atom. The molecule has 3 aromatic carbocycles. The van der Waals surface area contributed by atoms with Crippen LogP contribution < -0.4 is 10.6 Å². The zero-order valence-corrected chi connectivity index (χ0v) is 20.6. The Balaban J connectivity index is 1.45. The molecule has 2 heterocycles. The summed E-state index contributed by atoms with van der Waals surface area (Å²) < 4.78 is 4.83. The maximum atomic E-state index is 13.2. The quantitative estimate of drug-likeness (QED) is 0.406. The topological polar surface area (TPSA) is 73.9 Å². The number of likely N-dealkylation sites (N-methyl/N-ethyl adjacent to an activating group) is 1. The van der Waals surface area contributed by atoms with Crippen LogP contribution in [-0.4, -0.2) is 62.0 Å². The summed E-state index contributed by atoms with van der Waals surface area (Å²) in [5.41, 5.74) is 6.03. The maximum absolute atomic E-state index is 13.2. The third-order valence-corrected chi connectivity index (χ3v) is 6.72. The number of carbonyl (C=O) groups excluding carboxylic acids is 2. The van der Waals surface area contributed by atoms with E-state index >= 15 is 0 Å². The van der Waals surface area contributed by atoms with Gasteiger partial charge in [0.25, 0.3) is 5.91 Å². The van der Waals surface area contributed by atoms with Crippen molar-refractivity contribution >= 4 is 34.5 Å². The molecular weight excluding hydrogens is 452 g/mol. The van der Waals surface area contributed by atoms with E-state index in [-0.39, 0.29) is 5.91 Å². The lowest BCUT2D eigenvalue weighted by molar-refractivity contribution is -0.110. The van der Waals surface area contributed by atoms with Gasteiger partial charge in [0.05, 0.1) is 29.6 Å². The number of carbonyl (C=O) groups is 2. The summed E-state index contributed by atoms with van der Waals surface area (Å²) in [6.45, 7) is 5.27. The third-order valence-electron chi connectivity index (χ3n) is 6.72. The van der Waals surface area contributed by atoms with Crippen molar-refractivity contribution in [2.45, 2.75) is 6.54 Å². The first-order valence-corrected chi connectivity index (χ1v) is 12.1. The molecule has 0 bridgehead atoms. The van der Waals surface area contributed by atoms with Gasteiger partial charge in [0, 0.05) is 44.0 Å². The number of rotatable bonds is 6. The van der Waals surface area contributed by atoms with Gasteiger partial charge in [-0.2, -0.15) is 0 Å². The van der Waals surface area contributed by atoms with Gasteiger partial charge in [-0.25, -0.2) is 4.79 Å². The number of benzene rings is 3. The number of nitrogens with one attached hydrogen (secondary N) is 2. The van der Waals surface area contributed by atoms with Crippen molar-refractivity contribution < 1.29 is 14.3 Å². The smallest absolute Gasteiger partial charge is 0.337 e. The van der Waals surface area contributed by atoms with Crippen molar-refractivity contribution in [3.8, 4) is 0 Å². The van der Waals surface area contributed by atoms with Gasteiger partial charge in [0.2, 0.25) is 0 Å². The summed E-state index contributed by atoms with van der Waals surface area (Å²) in [6, 6.07) is 23.3. The van der Waals surface area contributed by atoms with Crippen LogP contribution in [0, 0.1) is 0 Å². The molecule has 1 saturated heterocycles. The van der Waals surface area contributed by atoms with Crippen molar-refractivity contribution in [3.05, 3.63) is 95.1 Å². The predicted molar refractivity (Wildman–Crippen MR) is 143 cm³/mol. The van der Waals surface area contributed by atoms with Crippen molar-refractivity contribution in [1.29, 1.82) is 0 Å². The normalized spacial score (nSPS) is 17.3. The molecule has 2 aliphatic heterocycles. The molecule has 184 valence electrons. The van der Waals surface area contributed by atoms with E-state index in [1.807, 2.05) is 30.3 Å². The molecule has 0 aliphatic carbocycles. The molecule has 0 spiro atoms. The lowest BCUT2D eigenvalue weighted by Gasteiger charge is -2.32. The minimum Gasteiger partial charge on any atom is -0.465 e. The number of hydrogen-bond acceptors (Lipinski definition) is 6. The fourth-order valence-corrected chi connectivity index (χ4v) is 4.65. The average Bonchev–Trinajstić information content (AvgIpc) is 3.24. The molecule has 0 saturated carbocycles. The number of anilines is 2. The SMILES string of the molecule is COC(=O)c1ccc2c(c1)NC(=O)C2=C(Nc1ccc(CN2CCN(C)CC2)cc1)c1ccccc1.